The second-order valence-electron chi connectivity index (χ2n) is 4.71. The van der Waals surface area contributed by atoms with Crippen molar-refractivity contribution in [3.8, 4) is 0 Å². The van der Waals surface area contributed by atoms with Crippen molar-refractivity contribution >= 4 is 27.3 Å². The van der Waals surface area contributed by atoms with Gasteiger partial charge in [0, 0.05) is 20.3 Å². The Kier molecular flexibility index (Phi) is 5.75. The fourth-order valence-corrected chi connectivity index (χ4v) is 3.56. The van der Waals surface area contributed by atoms with Crippen molar-refractivity contribution in [2.45, 2.75) is 32.7 Å². The Labute approximate surface area is 132 Å². The molecule has 2 rings (SSSR count). The molecule has 1 nitrogen and oxygen atoms in total. The summed E-state index contributed by atoms with van der Waals surface area (Å²) >= 11 is 5.11. The van der Waals surface area contributed by atoms with Crippen LogP contribution in [0.25, 0.3) is 0 Å². The maximum Gasteiger partial charge on any atom is 0.127 e. The van der Waals surface area contributed by atoms with E-state index in [-0.39, 0.29) is 11.9 Å². The summed E-state index contributed by atoms with van der Waals surface area (Å²) in [5.74, 6) is -0.144. The molecule has 0 bridgehead atoms. The zero-order chi connectivity index (χ0) is 14.5. The summed E-state index contributed by atoms with van der Waals surface area (Å²) in [5, 5.41) is 3.46. The van der Waals surface area contributed by atoms with Gasteiger partial charge >= 0.3 is 0 Å². The Morgan fingerprint density at radius 2 is 2.05 bits per heavy atom. The number of benzene rings is 1. The molecule has 1 N–H and O–H groups in total. The highest BCUT2D eigenvalue weighted by Gasteiger charge is 2.15. The molecule has 0 spiro atoms. The Morgan fingerprint density at radius 1 is 1.25 bits per heavy atom. The number of nitrogens with one attached hydrogen (secondary N) is 1. The van der Waals surface area contributed by atoms with Crippen LogP contribution in [0.4, 0.5) is 4.39 Å². The molecular weight excluding hydrogens is 337 g/mol. The highest BCUT2D eigenvalue weighted by Crippen LogP contribution is 2.28. The maximum absolute atomic E-state index is 14.0. The third kappa shape index (κ3) is 3.90. The monoisotopic (exact) mass is 355 g/mol. The molecule has 0 aliphatic rings. The molecule has 2 aromatic rings. The van der Waals surface area contributed by atoms with Crippen molar-refractivity contribution < 1.29 is 4.39 Å². The van der Waals surface area contributed by atoms with Crippen LogP contribution in [0, 0.1) is 5.82 Å². The fraction of sp³-hybridized carbons (Fsp3) is 0.375. The third-order valence-electron chi connectivity index (χ3n) is 3.26. The van der Waals surface area contributed by atoms with Crippen LogP contribution >= 0.6 is 27.3 Å². The summed E-state index contributed by atoms with van der Waals surface area (Å²) in [5.41, 5.74) is 0.755. The van der Waals surface area contributed by atoms with Gasteiger partial charge in [-0.2, -0.15) is 0 Å². The van der Waals surface area contributed by atoms with E-state index >= 15 is 0 Å². The summed E-state index contributed by atoms with van der Waals surface area (Å²) in [4.78, 5) is 2.66. The molecule has 1 aromatic carbocycles. The van der Waals surface area contributed by atoms with E-state index in [0.29, 0.717) is 6.42 Å². The van der Waals surface area contributed by atoms with Crippen molar-refractivity contribution in [2.75, 3.05) is 6.54 Å². The quantitative estimate of drug-likeness (QED) is 0.759. The van der Waals surface area contributed by atoms with Gasteiger partial charge in [-0.15, -0.1) is 11.3 Å². The van der Waals surface area contributed by atoms with E-state index in [1.807, 2.05) is 23.5 Å². The van der Waals surface area contributed by atoms with Crippen molar-refractivity contribution in [1.82, 2.24) is 5.32 Å². The molecule has 1 atom stereocenters. The summed E-state index contributed by atoms with van der Waals surface area (Å²) in [6.07, 6.45) is 1.73. The van der Waals surface area contributed by atoms with E-state index in [9.17, 15) is 4.39 Å². The number of rotatable bonds is 6. The zero-order valence-electron chi connectivity index (χ0n) is 11.7. The van der Waals surface area contributed by atoms with Crippen LogP contribution in [0.15, 0.2) is 34.8 Å². The molecule has 1 unspecified atom stereocenters. The van der Waals surface area contributed by atoms with Gasteiger partial charge in [0.15, 0.2) is 0 Å². The summed E-state index contributed by atoms with van der Waals surface area (Å²) in [6.45, 7) is 5.12. The van der Waals surface area contributed by atoms with Gasteiger partial charge in [0.2, 0.25) is 0 Å². The minimum atomic E-state index is -0.144. The lowest BCUT2D eigenvalue weighted by Crippen LogP contribution is -2.22. The first-order valence-electron chi connectivity index (χ1n) is 6.90. The molecule has 108 valence electrons. The average molecular weight is 356 g/mol. The highest BCUT2D eigenvalue weighted by molar-refractivity contribution is 9.10. The Hall–Kier alpha value is -0.710. The van der Waals surface area contributed by atoms with Crippen LogP contribution < -0.4 is 5.32 Å². The zero-order valence-corrected chi connectivity index (χ0v) is 14.2. The number of halogens is 2. The second kappa shape index (κ2) is 7.34. The normalized spacial score (nSPS) is 12.6. The van der Waals surface area contributed by atoms with Crippen LogP contribution in [0.5, 0.6) is 0 Å². The summed E-state index contributed by atoms with van der Waals surface area (Å²) in [7, 11) is 0. The Bertz CT molecular complexity index is 567. The van der Waals surface area contributed by atoms with Crippen LogP contribution in [0.3, 0.4) is 0 Å². The van der Waals surface area contributed by atoms with Gasteiger partial charge in [-0.25, -0.2) is 4.39 Å². The molecule has 20 heavy (non-hydrogen) atoms. The van der Waals surface area contributed by atoms with Crippen LogP contribution in [0.1, 0.15) is 35.2 Å². The number of thiophene rings is 1. The van der Waals surface area contributed by atoms with E-state index < -0.39 is 0 Å². The molecule has 0 amide bonds. The van der Waals surface area contributed by atoms with Gasteiger partial charge in [0.25, 0.3) is 0 Å². The number of likely N-dealkylation sites (N-methyl/N-ethyl adjacent to an activating group) is 1. The molecule has 1 heterocycles. The molecule has 0 saturated heterocycles. The standard InChI is InChI=1S/C16H19BrFNS/c1-3-13-7-8-16(20-13)15(19-4-2)9-11-5-6-12(17)10-14(11)18/h5-8,10,15,19H,3-4,9H2,1-2H3. The van der Waals surface area contributed by atoms with E-state index in [2.05, 4.69) is 47.2 Å². The first kappa shape index (κ1) is 15.7. The van der Waals surface area contributed by atoms with E-state index in [1.54, 1.807) is 0 Å². The SMILES string of the molecule is CCNC(Cc1ccc(Br)cc1F)c1ccc(CC)s1. The number of hydrogen-bond donors (Lipinski definition) is 1. The molecule has 0 fully saturated rings. The predicted molar refractivity (Wildman–Crippen MR) is 87.9 cm³/mol. The van der Waals surface area contributed by atoms with E-state index in [0.717, 1.165) is 23.0 Å². The first-order valence-corrected chi connectivity index (χ1v) is 8.50. The fourth-order valence-electron chi connectivity index (χ4n) is 2.20. The topological polar surface area (TPSA) is 12.0 Å². The number of hydrogen-bond acceptors (Lipinski definition) is 2. The molecule has 1 aromatic heterocycles. The summed E-state index contributed by atoms with van der Waals surface area (Å²) < 4.78 is 14.8. The van der Waals surface area contributed by atoms with Gasteiger partial charge in [-0.1, -0.05) is 35.8 Å². The molecule has 0 radical (unpaired) electrons. The van der Waals surface area contributed by atoms with E-state index in [1.165, 1.54) is 15.8 Å². The Morgan fingerprint density at radius 3 is 2.65 bits per heavy atom. The largest absolute Gasteiger partial charge is 0.309 e. The van der Waals surface area contributed by atoms with Gasteiger partial charge < -0.3 is 5.32 Å². The van der Waals surface area contributed by atoms with Crippen molar-refractivity contribution in [3.05, 3.63) is 55.9 Å². The van der Waals surface area contributed by atoms with Gasteiger partial charge in [-0.3, -0.25) is 0 Å². The van der Waals surface area contributed by atoms with Crippen molar-refractivity contribution in [3.63, 3.8) is 0 Å². The minimum absolute atomic E-state index is 0.144. The third-order valence-corrected chi connectivity index (χ3v) is 5.10. The van der Waals surface area contributed by atoms with Gasteiger partial charge in [0.1, 0.15) is 5.82 Å². The van der Waals surface area contributed by atoms with E-state index in [4.69, 9.17) is 0 Å². The molecule has 0 aliphatic heterocycles. The molecular formula is C16H19BrFNS. The predicted octanol–water partition coefficient (Wildman–Crippen LogP) is 5.11. The van der Waals surface area contributed by atoms with Crippen molar-refractivity contribution in [1.29, 1.82) is 0 Å². The lowest BCUT2D eigenvalue weighted by Gasteiger charge is -2.17. The molecule has 4 heteroatoms. The highest BCUT2D eigenvalue weighted by atomic mass is 79.9. The lowest BCUT2D eigenvalue weighted by atomic mass is 10.0. The van der Waals surface area contributed by atoms with Crippen LogP contribution in [-0.4, -0.2) is 6.54 Å². The minimum Gasteiger partial charge on any atom is -0.309 e. The first-order chi connectivity index (χ1) is 9.63. The number of aryl methyl sites for hydroxylation is 1. The Balaban J connectivity index is 2.20. The molecule has 0 aliphatic carbocycles. The van der Waals surface area contributed by atoms with Crippen LogP contribution in [-0.2, 0) is 12.8 Å². The average Bonchev–Trinajstić information content (AvgIpc) is 2.90. The van der Waals surface area contributed by atoms with Gasteiger partial charge in [0.05, 0.1) is 0 Å². The van der Waals surface area contributed by atoms with Gasteiger partial charge in [-0.05, 0) is 49.2 Å². The molecule has 0 saturated carbocycles. The maximum atomic E-state index is 14.0. The second-order valence-corrected chi connectivity index (χ2v) is 6.82. The smallest absolute Gasteiger partial charge is 0.127 e. The van der Waals surface area contributed by atoms with Crippen molar-refractivity contribution in [2.24, 2.45) is 0 Å². The summed E-state index contributed by atoms with van der Waals surface area (Å²) in [6, 6.07) is 9.80. The van der Waals surface area contributed by atoms with Crippen LogP contribution in [0.2, 0.25) is 0 Å². The lowest BCUT2D eigenvalue weighted by molar-refractivity contribution is 0.534.